The number of aliphatic carboxylic acids is 1. The Labute approximate surface area is 181 Å². The largest absolute Gasteiger partial charge is 0.544 e. The van der Waals surface area contributed by atoms with Gasteiger partial charge >= 0.3 is 0 Å². The molecular formula is C25H51NO3. The quantitative estimate of drug-likeness (QED) is 0.207. The molecule has 0 fully saturated rings. The van der Waals surface area contributed by atoms with Crippen LogP contribution in [0.4, 0.5) is 0 Å². The molecule has 1 atom stereocenters. The first-order valence-corrected chi connectivity index (χ1v) is 12.5. The van der Waals surface area contributed by atoms with E-state index < -0.39 is 11.6 Å². The number of rotatable bonds is 21. The zero-order valence-corrected chi connectivity index (χ0v) is 20.1. The van der Waals surface area contributed by atoms with Crippen LogP contribution in [-0.2, 0) is 4.79 Å². The Morgan fingerprint density at radius 2 is 1.14 bits per heavy atom. The molecule has 0 aromatic heterocycles. The number of carboxylic acid groups (broad SMARTS) is 1. The first-order chi connectivity index (χ1) is 13.7. The van der Waals surface area contributed by atoms with Gasteiger partial charge in [-0.3, -0.25) is 0 Å². The summed E-state index contributed by atoms with van der Waals surface area (Å²) in [4.78, 5) is 10.9. The first kappa shape index (κ1) is 28.4. The van der Waals surface area contributed by atoms with Crippen LogP contribution in [0.2, 0.25) is 0 Å². The van der Waals surface area contributed by atoms with Crippen molar-refractivity contribution in [2.45, 2.75) is 129 Å². The topological polar surface area (TPSA) is 60.4 Å². The van der Waals surface area contributed by atoms with Gasteiger partial charge in [0.2, 0.25) is 0 Å². The Kier molecular flexibility index (Phi) is 16.7. The van der Waals surface area contributed by atoms with Gasteiger partial charge in [-0.15, -0.1) is 0 Å². The van der Waals surface area contributed by atoms with Crippen molar-refractivity contribution in [1.82, 2.24) is 0 Å². The van der Waals surface area contributed by atoms with Crippen molar-refractivity contribution in [2.24, 2.45) is 0 Å². The van der Waals surface area contributed by atoms with E-state index in [4.69, 9.17) is 0 Å². The van der Waals surface area contributed by atoms with E-state index in [2.05, 4.69) is 13.8 Å². The van der Waals surface area contributed by atoms with Gasteiger partial charge < -0.3 is 19.5 Å². The molecule has 29 heavy (non-hydrogen) atoms. The van der Waals surface area contributed by atoms with Crippen LogP contribution < -0.4 is 5.11 Å². The van der Waals surface area contributed by atoms with Crippen LogP contribution in [0.15, 0.2) is 0 Å². The number of carbonyl (C=O) groups excluding carboxylic acids is 1. The molecule has 0 aliphatic rings. The monoisotopic (exact) mass is 413 g/mol. The molecule has 0 aromatic carbocycles. The minimum atomic E-state index is -1.05. The van der Waals surface area contributed by atoms with E-state index in [0.717, 1.165) is 32.1 Å². The third-order valence-corrected chi connectivity index (χ3v) is 5.99. The van der Waals surface area contributed by atoms with Crippen LogP contribution in [0.5, 0.6) is 0 Å². The molecule has 0 rings (SSSR count). The van der Waals surface area contributed by atoms with E-state index in [-0.39, 0.29) is 11.0 Å². The molecule has 4 heteroatoms. The Hall–Kier alpha value is -0.610. The van der Waals surface area contributed by atoms with E-state index in [1.807, 2.05) is 14.1 Å². The first-order valence-electron chi connectivity index (χ1n) is 12.5. The third-order valence-electron chi connectivity index (χ3n) is 5.99. The second-order valence-corrected chi connectivity index (χ2v) is 9.94. The maximum atomic E-state index is 11.0. The summed E-state index contributed by atoms with van der Waals surface area (Å²) in [6, 6.07) is 0. The molecule has 0 aliphatic carbocycles. The predicted octanol–water partition coefficient (Wildman–Crippen LogP) is 5.22. The van der Waals surface area contributed by atoms with Crippen molar-refractivity contribution in [3.05, 3.63) is 0 Å². The second-order valence-electron chi connectivity index (χ2n) is 9.94. The molecule has 0 saturated heterocycles. The van der Waals surface area contributed by atoms with E-state index >= 15 is 0 Å². The average Bonchev–Trinajstić information content (AvgIpc) is 2.60. The summed E-state index contributed by atoms with van der Waals surface area (Å²) in [7, 11) is 3.73. The minimum absolute atomic E-state index is 0.0508. The number of hydrogen-bond donors (Lipinski definition) is 1. The van der Waals surface area contributed by atoms with Crippen molar-refractivity contribution < 1.29 is 19.5 Å². The highest BCUT2D eigenvalue weighted by Crippen LogP contribution is 2.24. The molecular weight excluding hydrogens is 362 g/mol. The fraction of sp³-hybridized carbons (Fsp3) is 0.960. The molecule has 1 unspecified atom stereocenters. The van der Waals surface area contributed by atoms with E-state index in [1.165, 1.54) is 77.0 Å². The van der Waals surface area contributed by atoms with Gasteiger partial charge in [0, 0.05) is 0 Å². The molecule has 0 aliphatic heterocycles. The average molecular weight is 414 g/mol. The van der Waals surface area contributed by atoms with E-state index in [9.17, 15) is 15.0 Å². The number of unbranched alkanes of at least 4 members (excludes halogenated alkanes) is 13. The van der Waals surface area contributed by atoms with Gasteiger partial charge in [-0.05, 0) is 12.8 Å². The number of aliphatic hydroxyl groups is 1. The highest BCUT2D eigenvalue weighted by Gasteiger charge is 2.34. The summed E-state index contributed by atoms with van der Waals surface area (Å²) in [5.74, 6) is -1.05. The summed E-state index contributed by atoms with van der Waals surface area (Å²) < 4.78 is 0.275. The van der Waals surface area contributed by atoms with Crippen LogP contribution in [0.1, 0.15) is 123 Å². The van der Waals surface area contributed by atoms with Gasteiger partial charge in [0.25, 0.3) is 0 Å². The van der Waals surface area contributed by atoms with Crippen LogP contribution >= 0.6 is 0 Å². The standard InChI is InChI=1S/C25H51NO3/c1-5-7-8-9-10-11-12-13-14-15-16-17-18-19-21-25(29,20-6-2)23-26(3,4)22-24(27)28/h29H,5-23H2,1-4H3. The summed E-state index contributed by atoms with van der Waals surface area (Å²) in [5.41, 5.74) is -0.759. The fourth-order valence-corrected chi connectivity index (χ4v) is 4.60. The molecule has 0 radical (unpaired) electrons. The predicted molar refractivity (Wildman–Crippen MR) is 122 cm³/mol. The number of likely N-dealkylation sites (N-methyl/N-ethyl adjacent to an activating group) is 1. The van der Waals surface area contributed by atoms with Gasteiger partial charge in [-0.2, -0.15) is 0 Å². The highest BCUT2D eigenvalue weighted by atomic mass is 16.4. The number of quaternary nitrogens is 1. The normalized spacial score (nSPS) is 14.1. The van der Waals surface area contributed by atoms with Gasteiger partial charge in [-0.25, -0.2) is 0 Å². The summed E-state index contributed by atoms with van der Waals surface area (Å²) in [6.45, 7) is 4.78. The lowest BCUT2D eigenvalue weighted by molar-refractivity contribution is -0.891. The van der Waals surface area contributed by atoms with Crippen molar-refractivity contribution in [3.63, 3.8) is 0 Å². The number of carboxylic acids is 1. The van der Waals surface area contributed by atoms with Gasteiger partial charge in [0.05, 0.1) is 20.1 Å². The second kappa shape index (κ2) is 17.1. The minimum Gasteiger partial charge on any atom is -0.544 e. The van der Waals surface area contributed by atoms with Crippen molar-refractivity contribution in [2.75, 3.05) is 27.2 Å². The maximum Gasteiger partial charge on any atom is 0.119 e. The number of nitrogens with zero attached hydrogens (tertiary/aromatic N) is 1. The molecule has 174 valence electrons. The Morgan fingerprint density at radius 3 is 1.52 bits per heavy atom. The Balaban J connectivity index is 3.77. The van der Waals surface area contributed by atoms with E-state index in [1.54, 1.807) is 0 Å². The molecule has 0 saturated carbocycles. The molecule has 4 nitrogen and oxygen atoms in total. The SMILES string of the molecule is CCCCCCCCCCCCCCCCC(O)(CCC)C[N+](C)(C)CC(=O)[O-]. The van der Waals surface area contributed by atoms with Crippen LogP contribution in [0, 0.1) is 0 Å². The summed E-state index contributed by atoms with van der Waals surface area (Å²) >= 11 is 0. The van der Waals surface area contributed by atoms with Crippen molar-refractivity contribution in [1.29, 1.82) is 0 Å². The van der Waals surface area contributed by atoms with Gasteiger partial charge in [-0.1, -0.05) is 110 Å². The molecule has 0 aromatic rings. The zero-order chi connectivity index (χ0) is 22.0. The van der Waals surface area contributed by atoms with E-state index in [0.29, 0.717) is 6.54 Å². The molecule has 1 N–H and O–H groups in total. The molecule has 0 spiro atoms. The molecule has 0 heterocycles. The van der Waals surface area contributed by atoms with Gasteiger partial charge in [0.1, 0.15) is 18.7 Å². The lowest BCUT2D eigenvalue weighted by Crippen LogP contribution is -2.55. The molecule has 0 amide bonds. The Morgan fingerprint density at radius 1 is 0.724 bits per heavy atom. The number of hydrogen-bond acceptors (Lipinski definition) is 3. The molecule has 0 bridgehead atoms. The van der Waals surface area contributed by atoms with Crippen LogP contribution in [-0.4, -0.2) is 48.3 Å². The smallest absolute Gasteiger partial charge is 0.119 e. The van der Waals surface area contributed by atoms with Crippen molar-refractivity contribution >= 4 is 5.97 Å². The van der Waals surface area contributed by atoms with Crippen molar-refractivity contribution in [3.8, 4) is 0 Å². The lowest BCUT2D eigenvalue weighted by atomic mass is 9.89. The van der Waals surface area contributed by atoms with Crippen LogP contribution in [0.25, 0.3) is 0 Å². The summed E-state index contributed by atoms with van der Waals surface area (Å²) in [6.07, 6.45) is 21.0. The maximum absolute atomic E-state index is 11.0. The fourth-order valence-electron chi connectivity index (χ4n) is 4.60. The van der Waals surface area contributed by atoms with Crippen LogP contribution in [0.3, 0.4) is 0 Å². The summed E-state index contributed by atoms with van der Waals surface area (Å²) in [5, 5.41) is 22.0. The zero-order valence-electron chi connectivity index (χ0n) is 20.1. The third kappa shape index (κ3) is 17.9. The Bertz CT molecular complexity index is 398. The lowest BCUT2D eigenvalue weighted by Gasteiger charge is -2.38. The number of carbonyl (C=O) groups is 1. The highest BCUT2D eigenvalue weighted by molar-refractivity contribution is 5.65. The van der Waals surface area contributed by atoms with Gasteiger partial charge in [0.15, 0.2) is 0 Å².